The number of nitrogens with one attached hydrogen (secondary N) is 2. The number of hydrogen-bond donors (Lipinski definition) is 3. The molecule has 2 aliphatic heterocycles. The Morgan fingerprint density at radius 1 is 0.922 bits per heavy atom. The second-order valence-electron chi connectivity index (χ2n) is 26.9. The van der Waals surface area contributed by atoms with Crippen LogP contribution in [0.1, 0.15) is 235 Å². The van der Waals surface area contributed by atoms with Crippen LogP contribution in [0, 0.1) is 40.9 Å². The van der Waals surface area contributed by atoms with Gasteiger partial charge in [-0.25, -0.2) is 10.4 Å². The van der Waals surface area contributed by atoms with Crippen LogP contribution in [0.15, 0.2) is 41.9 Å². The average molecular weight is 1280 g/mol. The van der Waals surface area contributed by atoms with Crippen molar-refractivity contribution in [2.24, 2.45) is 40.9 Å². The van der Waals surface area contributed by atoms with Crippen LogP contribution in [0.25, 0.3) is 33.4 Å². The highest BCUT2D eigenvalue weighted by atomic mass is 32.1. The molecular weight excluding hydrogens is 1160 g/mol. The highest BCUT2D eigenvalue weighted by Crippen LogP contribution is 2.44. The van der Waals surface area contributed by atoms with Crippen LogP contribution in [0.4, 0.5) is 13.2 Å². The number of ether oxygens (including phenoxy) is 2. The first-order chi connectivity index (χ1) is 43.0. The number of aromatic nitrogens is 3. The third kappa shape index (κ3) is 23.6. The molecule has 5 heterocycles. The smallest absolute Gasteiger partial charge is 0.396 e. The monoisotopic (exact) mass is 1280 g/mol. The molecular formula is C73H120F3N7O6S. The minimum absolute atomic E-state index is 0.113. The fourth-order valence-corrected chi connectivity index (χ4v) is 13.1. The maximum atomic E-state index is 14.9. The van der Waals surface area contributed by atoms with E-state index in [9.17, 15) is 27.6 Å². The number of rotatable bonds is 24. The lowest BCUT2D eigenvalue weighted by molar-refractivity contribution is -0.152. The highest BCUT2D eigenvalue weighted by Gasteiger charge is 2.44. The van der Waals surface area contributed by atoms with E-state index in [1.165, 1.54) is 41.6 Å². The number of hydrogen-bond acceptors (Lipinski definition) is 11. The van der Waals surface area contributed by atoms with Gasteiger partial charge in [-0.15, -0.1) is 11.3 Å². The largest absolute Gasteiger partial charge is 0.406 e. The third-order valence-electron chi connectivity index (χ3n) is 19.0. The van der Waals surface area contributed by atoms with Crippen molar-refractivity contribution in [1.29, 1.82) is 0 Å². The molecule has 2 amide bonds. The molecule has 3 N–H and O–H groups in total. The number of carbonyl (C=O) groups is 3. The normalized spacial score (nSPS) is 20.1. The molecule has 510 valence electrons. The summed E-state index contributed by atoms with van der Waals surface area (Å²) < 4.78 is 57.4. The van der Waals surface area contributed by atoms with Gasteiger partial charge < -0.3 is 29.3 Å². The van der Waals surface area contributed by atoms with E-state index in [0.29, 0.717) is 96.7 Å². The van der Waals surface area contributed by atoms with Gasteiger partial charge >= 0.3 is 6.18 Å². The summed E-state index contributed by atoms with van der Waals surface area (Å²) in [4.78, 5) is 51.3. The van der Waals surface area contributed by atoms with Gasteiger partial charge in [-0.2, -0.15) is 13.2 Å². The number of amides is 2. The van der Waals surface area contributed by atoms with Crippen LogP contribution in [0.3, 0.4) is 0 Å². The molecule has 13 nitrogen and oxygen atoms in total. The van der Waals surface area contributed by atoms with E-state index in [2.05, 4.69) is 89.9 Å². The molecule has 1 aromatic carbocycles. The number of carbonyl (C=O) groups excluding carboxylic acids is 3. The van der Waals surface area contributed by atoms with Gasteiger partial charge in [0.1, 0.15) is 18.9 Å². The zero-order chi connectivity index (χ0) is 66.8. The lowest BCUT2D eigenvalue weighted by Crippen LogP contribution is -2.63. The van der Waals surface area contributed by atoms with Crippen molar-refractivity contribution >= 4 is 40.3 Å². The predicted molar refractivity (Wildman–Crippen MR) is 365 cm³/mol. The first-order valence-corrected chi connectivity index (χ1v) is 35.8. The zero-order valence-electron chi connectivity index (χ0n) is 58.5. The van der Waals surface area contributed by atoms with E-state index in [4.69, 9.17) is 19.6 Å². The molecule has 0 spiro atoms. The Balaban J connectivity index is 0.000000635. The third-order valence-corrected chi connectivity index (χ3v) is 19.9. The zero-order valence-corrected chi connectivity index (χ0v) is 59.3. The molecule has 2 saturated heterocycles. The van der Waals surface area contributed by atoms with E-state index in [-0.39, 0.29) is 41.2 Å². The van der Waals surface area contributed by atoms with Gasteiger partial charge in [0.05, 0.1) is 46.4 Å². The maximum Gasteiger partial charge on any atom is 0.406 e. The van der Waals surface area contributed by atoms with Crippen molar-refractivity contribution in [3.63, 3.8) is 0 Å². The maximum absolute atomic E-state index is 14.9. The first-order valence-electron chi connectivity index (χ1n) is 35.0. The van der Waals surface area contributed by atoms with E-state index in [0.717, 1.165) is 118 Å². The number of pyridine rings is 1. The Bertz CT molecular complexity index is 2710. The van der Waals surface area contributed by atoms with Crippen molar-refractivity contribution in [3.05, 3.63) is 58.2 Å². The van der Waals surface area contributed by atoms with Crippen molar-refractivity contribution < 1.29 is 42.1 Å². The molecule has 3 aliphatic carbocycles. The molecule has 3 aromatic heterocycles. The molecule has 3 saturated carbocycles. The molecule has 6 unspecified atom stereocenters. The molecule has 9 rings (SSSR count). The van der Waals surface area contributed by atoms with E-state index in [1.54, 1.807) is 30.4 Å². The molecule has 0 bridgehead atoms. The van der Waals surface area contributed by atoms with Gasteiger partial charge in [0, 0.05) is 85.8 Å². The molecule has 5 fully saturated rings. The van der Waals surface area contributed by atoms with Crippen LogP contribution in [-0.4, -0.2) is 118 Å². The van der Waals surface area contributed by atoms with Crippen LogP contribution in [-0.2, 0) is 43.2 Å². The number of halogens is 3. The lowest BCUT2D eigenvalue weighted by atomic mass is 9.81. The summed E-state index contributed by atoms with van der Waals surface area (Å²) in [5.41, 5.74) is 7.10. The van der Waals surface area contributed by atoms with E-state index >= 15 is 0 Å². The number of methoxy groups -OCH3 is 1. The quantitative estimate of drug-likeness (QED) is 0.0578. The van der Waals surface area contributed by atoms with Gasteiger partial charge in [0.25, 0.3) is 5.91 Å². The van der Waals surface area contributed by atoms with Crippen LogP contribution < -0.4 is 10.7 Å². The molecule has 4 aromatic rings. The summed E-state index contributed by atoms with van der Waals surface area (Å²) in [6.07, 6.45) is 17.0. The average Bonchev–Trinajstić information content (AvgIpc) is 1.59. The predicted octanol–water partition coefficient (Wildman–Crippen LogP) is 17.2. The standard InChI is InChI=1S/C52H74F3N7O4S.C8H18O.C5H8O.C4H8.2C2H6/c1-9-34(4)29-51(11-3)32-60(25-26-66-51)46(36-17-12-13-18-36)48(63)59-41(49(64)62-24-15-14-23-57-62)28-44-58-42(31-67-44)37-20-21-43-39(27-37)40(30-50(6,7)10-2)47(61(43)33-52(53,54)55)38-19-16-22-56-45(38)35(5)65-8;1-4-7(2)5-8(3)6-9;6-4-5-2-1-3-5;1-4-2-3-4;2*1-2/h16,19-22,27,31,34-36,41,46,57H,9-15,17-18,23-26,28-30,32-33H2,1-8H3,(H,59,63);7-9H,4-6H2,1-3H3;4-5H,1-3H2;4H,2-3H2,1H3;2*1-2H3/t;7-,8?;;;;/m.1..../s1. The first kappa shape index (κ1) is 78.2. The number of aliphatic hydroxyl groups excluding tert-OH is 1. The Hall–Kier alpha value is -4.26. The summed E-state index contributed by atoms with van der Waals surface area (Å²) >= 11 is 1.42. The van der Waals surface area contributed by atoms with Gasteiger partial charge in [-0.3, -0.25) is 24.5 Å². The number of alkyl halides is 3. The Morgan fingerprint density at radius 3 is 2.13 bits per heavy atom. The number of nitrogens with zero attached hydrogens (tertiary/aromatic N) is 5. The number of aldehydes is 1. The fraction of sp³-hybridized carbons (Fsp3) is 0.740. The molecule has 17 heteroatoms. The highest BCUT2D eigenvalue weighted by molar-refractivity contribution is 7.10. The number of thiazole rings is 1. The van der Waals surface area contributed by atoms with Gasteiger partial charge in [0.15, 0.2) is 0 Å². The van der Waals surface area contributed by atoms with E-state index in [1.807, 2.05) is 58.2 Å². The van der Waals surface area contributed by atoms with Crippen LogP contribution in [0.5, 0.6) is 0 Å². The number of hydrazine groups is 1. The van der Waals surface area contributed by atoms with Gasteiger partial charge in [-0.1, -0.05) is 154 Å². The Labute approximate surface area is 545 Å². The number of aliphatic hydroxyl groups is 1. The van der Waals surface area contributed by atoms with Crippen molar-refractivity contribution in [1.82, 2.24) is 35.2 Å². The molecule has 5 aliphatic rings. The van der Waals surface area contributed by atoms with Crippen LogP contribution in [0.2, 0.25) is 0 Å². The van der Waals surface area contributed by atoms with Crippen molar-refractivity contribution in [2.75, 3.05) is 46.5 Å². The summed E-state index contributed by atoms with van der Waals surface area (Å²) in [5.74, 6) is 3.16. The molecule has 7 atom stereocenters. The lowest BCUT2D eigenvalue weighted by Gasteiger charge is -2.47. The summed E-state index contributed by atoms with van der Waals surface area (Å²) in [5, 5.41) is 17.0. The van der Waals surface area contributed by atoms with Crippen LogP contribution >= 0.6 is 11.3 Å². The minimum atomic E-state index is -4.49. The topological polar surface area (TPSA) is 151 Å². The molecule has 0 radical (unpaired) electrons. The van der Waals surface area contributed by atoms with Crippen molar-refractivity contribution in [3.8, 4) is 22.5 Å². The Kier molecular flexibility index (Phi) is 33.7. The minimum Gasteiger partial charge on any atom is -0.396 e. The second kappa shape index (κ2) is 38.8. The van der Waals surface area contributed by atoms with E-state index < -0.39 is 24.9 Å². The Morgan fingerprint density at radius 2 is 1.60 bits per heavy atom. The van der Waals surface area contributed by atoms with Gasteiger partial charge in [0.2, 0.25) is 5.91 Å². The number of fused-ring (bicyclic) bond motifs is 1. The summed E-state index contributed by atoms with van der Waals surface area (Å²) in [7, 11) is 1.57. The SMILES string of the molecule is CC.CC.CC1CC1.CCC(C)CC1(CC)CN(C(C(=O)NC(Cc2nc(-c3ccc4c(c3)c(CC(C)(C)CC)c(-c3cccnc3C(C)OC)n4CC(F)(F)F)cs2)C(=O)N2CCCCN2)C2CCCC2)CCO1.CC[C@@H](C)CC(C)CO.O=CC1CCC1. The number of benzene rings is 1. The summed E-state index contributed by atoms with van der Waals surface area (Å²) in [6, 6.07) is 7.95. The van der Waals surface area contributed by atoms with Gasteiger partial charge in [-0.05, 0) is 136 Å². The second-order valence-corrected chi connectivity index (χ2v) is 27.8. The number of morpholine rings is 1. The summed E-state index contributed by atoms with van der Waals surface area (Å²) in [6.45, 7) is 34.0. The fourth-order valence-electron chi connectivity index (χ4n) is 12.3. The molecule has 90 heavy (non-hydrogen) atoms. The van der Waals surface area contributed by atoms with Crippen molar-refractivity contribution in [2.45, 2.75) is 262 Å².